The Morgan fingerprint density at radius 2 is 2.09 bits per heavy atom. The number of hydrogen-bond acceptors (Lipinski definition) is 0. The Morgan fingerprint density at radius 3 is 2.64 bits per heavy atom. The summed E-state index contributed by atoms with van der Waals surface area (Å²) >= 11 is 9.42. The van der Waals surface area contributed by atoms with Crippen molar-refractivity contribution in [3.05, 3.63) is 33.3 Å². The van der Waals surface area contributed by atoms with Crippen LogP contribution >= 0.6 is 27.5 Å². The van der Waals surface area contributed by atoms with E-state index in [9.17, 15) is 0 Å². The van der Waals surface area contributed by atoms with E-state index in [0.717, 1.165) is 15.4 Å². The van der Waals surface area contributed by atoms with E-state index < -0.39 is 0 Å². The van der Waals surface area contributed by atoms with Gasteiger partial charge in [0.25, 0.3) is 0 Å². The van der Waals surface area contributed by atoms with Crippen LogP contribution in [0.15, 0.2) is 22.7 Å². The molecule has 0 heterocycles. The number of benzene rings is 1. The quantitative estimate of drug-likeness (QED) is 0.686. The second-order valence-corrected chi connectivity index (χ2v) is 4.26. The zero-order valence-electron chi connectivity index (χ0n) is 5.98. The van der Waals surface area contributed by atoms with Crippen molar-refractivity contribution in [2.75, 3.05) is 0 Å². The lowest BCUT2D eigenvalue weighted by atomic mass is 10.1. The molecular formula is C9H8BrCl. The first-order valence-electron chi connectivity index (χ1n) is 3.72. The Labute approximate surface area is 79.7 Å². The molecule has 0 unspecified atom stereocenters. The van der Waals surface area contributed by atoms with Gasteiger partial charge >= 0.3 is 0 Å². The lowest BCUT2D eigenvalue weighted by Gasteiger charge is -2.00. The maximum atomic E-state index is 6.03. The average Bonchev–Trinajstić information content (AvgIpc) is 2.70. The van der Waals surface area contributed by atoms with E-state index in [1.54, 1.807) is 0 Å². The van der Waals surface area contributed by atoms with Crippen LogP contribution in [0.25, 0.3) is 0 Å². The van der Waals surface area contributed by atoms with Gasteiger partial charge in [-0.15, -0.1) is 0 Å². The summed E-state index contributed by atoms with van der Waals surface area (Å²) in [5, 5.41) is 0.905. The van der Waals surface area contributed by atoms with Crippen molar-refractivity contribution in [2.45, 2.75) is 18.8 Å². The van der Waals surface area contributed by atoms with Gasteiger partial charge in [-0.25, -0.2) is 0 Å². The van der Waals surface area contributed by atoms with E-state index in [1.807, 2.05) is 6.07 Å². The Morgan fingerprint density at radius 1 is 1.36 bits per heavy atom. The van der Waals surface area contributed by atoms with Gasteiger partial charge in [0.15, 0.2) is 0 Å². The molecule has 11 heavy (non-hydrogen) atoms. The molecule has 0 amide bonds. The minimum atomic E-state index is 0.746. The molecule has 0 bridgehead atoms. The molecule has 0 atom stereocenters. The predicted molar refractivity (Wildman–Crippen MR) is 51.1 cm³/mol. The highest BCUT2D eigenvalue weighted by molar-refractivity contribution is 9.10. The smallest absolute Gasteiger partial charge is 0.0452 e. The van der Waals surface area contributed by atoms with Gasteiger partial charge in [0.2, 0.25) is 0 Å². The van der Waals surface area contributed by atoms with Crippen LogP contribution in [-0.2, 0) is 0 Å². The highest BCUT2D eigenvalue weighted by Crippen LogP contribution is 2.43. The van der Waals surface area contributed by atoms with Gasteiger partial charge in [-0.2, -0.15) is 0 Å². The summed E-state index contributed by atoms with van der Waals surface area (Å²) in [5.74, 6) is 0.746. The molecule has 0 radical (unpaired) electrons. The summed E-state index contributed by atoms with van der Waals surface area (Å²) in [4.78, 5) is 0. The molecule has 0 aromatic heterocycles. The molecule has 1 fully saturated rings. The van der Waals surface area contributed by atoms with Crippen LogP contribution in [-0.4, -0.2) is 0 Å². The maximum absolute atomic E-state index is 6.03. The number of hydrogen-bond donors (Lipinski definition) is 0. The molecule has 0 spiro atoms. The lowest BCUT2D eigenvalue weighted by molar-refractivity contribution is 1.13. The SMILES string of the molecule is Clc1cc(Br)ccc1C1CC1. The Kier molecular flexibility index (Phi) is 1.94. The zero-order chi connectivity index (χ0) is 7.84. The molecule has 1 aromatic carbocycles. The summed E-state index contributed by atoms with van der Waals surface area (Å²) in [5.41, 5.74) is 1.31. The third kappa shape index (κ3) is 1.60. The van der Waals surface area contributed by atoms with Crippen molar-refractivity contribution in [2.24, 2.45) is 0 Å². The van der Waals surface area contributed by atoms with Gasteiger partial charge < -0.3 is 0 Å². The third-order valence-corrected chi connectivity index (χ3v) is 2.80. The zero-order valence-corrected chi connectivity index (χ0v) is 8.32. The van der Waals surface area contributed by atoms with Crippen molar-refractivity contribution >= 4 is 27.5 Å². The summed E-state index contributed by atoms with van der Waals surface area (Å²) in [7, 11) is 0. The second-order valence-electron chi connectivity index (χ2n) is 2.94. The summed E-state index contributed by atoms with van der Waals surface area (Å²) in [6.07, 6.45) is 2.61. The van der Waals surface area contributed by atoms with Gasteiger partial charge in [-0.3, -0.25) is 0 Å². The van der Waals surface area contributed by atoms with Crippen molar-refractivity contribution in [3.8, 4) is 0 Å². The van der Waals surface area contributed by atoms with E-state index in [0.29, 0.717) is 0 Å². The van der Waals surface area contributed by atoms with Crippen LogP contribution in [0, 0.1) is 0 Å². The molecular weight excluding hydrogens is 223 g/mol. The minimum Gasteiger partial charge on any atom is -0.0840 e. The van der Waals surface area contributed by atoms with E-state index >= 15 is 0 Å². The van der Waals surface area contributed by atoms with Crippen molar-refractivity contribution in [3.63, 3.8) is 0 Å². The maximum Gasteiger partial charge on any atom is 0.0452 e. The fraction of sp³-hybridized carbons (Fsp3) is 0.333. The van der Waals surface area contributed by atoms with Gasteiger partial charge in [-0.1, -0.05) is 33.6 Å². The molecule has 0 saturated heterocycles. The van der Waals surface area contributed by atoms with Crippen molar-refractivity contribution < 1.29 is 0 Å². The van der Waals surface area contributed by atoms with Gasteiger partial charge in [0.1, 0.15) is 0 Å². The summed E-state index contributed by atoms with van der Waals surface area (Å²) < 4.78 is 1.06. The second kappa shape index (κ2) is 2.80. The first kappa shape index (κ1) is 7.63. The van der Waals surface area contributed by atoms with Crippen LogP contribution in [0.4, 0.5) is 0 Å². The van der Waals surface area contributed by atoms with Crippen LogP contribution in [0.3, 0.4) is 0 Å². The molecule has 0 N–H and O–H groups in total. The fourth-order valence-electron chi connectivity index (χ4n) is 1.23. The predicted octanol–water partition coefficient (Wildman–Crippen LogP) is 3.98. The molecule has 2 heteroatoms. The molecule has 1 aromatic rings. The molecule has 1 saturated carbocycles. The lowest BCUT2D eigenvalue weighted by Crippen LogP contribution is -1.79. The highest BCUT2D eigenvalue weighted by Gasteiger charge is 2.25. The molecule has 0 aliphatic heterocycles. The van der Waals surface area contributed by atoms with Crippen molar-refractivity contribution in [1.82, 2.24) is 0 Å². The van der Waals surface area contributed by atoms with Crippen molar-refractivity contribution in [1.29, 1.82) is 0 Å². The van der Waals surface area contributed by atoms with Gasteiger partial charge in [0.05, 0.1) is 0 Å². The molecule has 0 nitrogen and oxygen atoms in total. The molecule has 58 valence electrons. The average molecular weight is 232 g/mol. The monoisotopic (exact) mass is 230 g/mol. The van der Waals surface area contributed by atoms with Crippen LogP contribution in [0.1, 0.15) is 24.3 Å². The topological polar surface area (TPSA) is 0 Å². The fourth-order valence-corrected chi connectivity index (χ4v) is 2.05. The number of halogens is 2. The minimum absolute atomic E-state index is 0.746. The summed E-state index contributed by atoms with van der Waals surface area (Å²) in [6.45, 7) is 0. The van der Waals surface area contributed by atoms with Gasteiger partial charge in [-0.05, 0) is 36.5 Å². The van der Waals surface area contributed by atoms with Crippen LogP contribution < -0.4 is 0 Å². The Balaban J connectivity index is 2.39. The molecule has 1 aliphatic rings. The van der Waals surface area contributed by atoms with E-state index in [1.165, 1.54) is 18.4 Å². The summed E-state index contributed by atoms with van der Waals surface area (Å²) in [6, 6.07) is 6.14. The van der Waals surface area contributed by atoms with Gasteiger partial charge in [0, 0.05) is 9.50 Å². The molecule has 1 aliphatic carbocycles. The Bertz CT molecular complexity index is 279. The third-order valence-electron chi connectivity index (χ3n) is 1.98. The number of rotatable bonds is 1. The largest absolute Gasteiger partial charge is 0.0840 e. The first-order valence-corrected chi connectivity index (χ1v) is 4.89. The van der Waals surface area contributed by atoms with E-state index in [2.05, 4.69) is 28.1 Å². The highest BCUT2D eigenvalue weighted by atomic mass is 79.9. The normalized spacial score (nSPS) is 16.9. The first-order chi connectivity index (χ1) is 5.27. The Hall–Kier alpha value is -0.0100. The van der Waals surface area contributed by atoms with E-state index in [4.69, 9.17) is 11.6 Å². The van der Waals surface area contributed by atoms with E-state index in [-0.39, 0.29) is 0 Å². The van der Waals surface area contributed by atoms with Crippen LogP contribution in [0.2, 0.25) is 5.02 Å². The van der Waals surface area contributed by atoms with Crippen LogP contribution in [0.5, 0.6) is 0 Å². The molecule has 2 rings (SSSR count). The standard InChI is InChI=1S/C9H8BrCl/c10-7-3-4-8(6-1-2-6)9(11)5-7/h3-6H,1-2H2.